The predicted molar refractivity (Wildman–Crippen MR) is 126 cm³/mol. The Hall–Kier alpha value is -2.72. The third-order valence-corrected chi connectivity index (χ3v) is 6.21. The van der Waals surface area contributed by atoms with Crippen molar-refractivity contribution >= 4 is 45.4 Å². The molecule has 10 heteroatoms. The number of ether oxygens (including phenoxy) is 2. The molecule has 3 rings (SSSR count). The fourth-order valence-corrected chi connectivity index (χ4v) is 4.03. The minimum Gasteiger partial charge on any atom is -0.493 e. The highest BCUT2D eigenvalue weighted by molar-refractivity contribution is 7.84. The zero-order valence-corrected chi connectivity index (χ0v) is 20.2. The van der Waals surface area contributed by atoms with E-state index < -0.39 is 16.7 Å². The Morgan fingerprint density at radius 3 is 2.47 bits per heavy atom. The van der Waals surface area contributed by atoms with Gasteiger partial charge >= 0.3 is 0 Å². The van der Waals surface area contributed by atoms with Crippen LogP contribution in [0.4, 0.5) is 5.00 Å². The summed E-state index contributed by atoms with van der Waals surface area (Å²) in [7, 11) is 0.586. The lowest BCUT2D eigenvalue weighted by atomic mass is 10.2. The standard InChI is InChI=1S/C12H16N2O4S2.C10H12O2/c1-8-10(6-19-11(8)13-9(2)16)12(17)14(7-15)4-5-20(3)18;1-11-9-4-2-3-5-10(9)12-8-6-7-8/h6-7H,4-5H2,1-3H3,(H,13,16);2-5,8H,6-7H2,1H3. The van der Waals surface area contributed by atoms with Gasteiger partial charge in [-0.25, -0.2) is 0 Å². The molecule has 0 bridgehead atoms. The number of amides is 3. The quantitative estimate of drug-likeness (QED) is 0.553. The second kappa shape index (κ2) is 12.4. The lowest BCUT2D eigenvalue weighted by Gasteiger charge is -2.14. The number of thiophene rings is 1. The molecule has 1 N–H and O–H groups in total. The van der Waals surface area contributed by atoms with Crippen LogP contribution in [0, 0.1) is 6.92 Å². The van der Waals surface area contributed by atoms with Crippen molar-refractivity contribution in [2.24, 2.45) is 0 Å². The number of hydrogen-bond acceptors (Lipinski definition) is 7. The lowest BCUT2D eigenvalue weighted by molar-refractivity contribution is -0.116. The number of nitrogens with zero attached hydrogens (tertiary/aromatic N) is 1. The molecule has 3 amide bonds. The monoisotopic (exact) mass is 480 g/mol. The normalized spacial score (nSPS) is 13.2. The van der Waals surface area contributed by atoms with E-state index in [1.807, 2.05) is 24.3 Å². The molecule has 0 aliphatic heterocycles. The summed E-state index contributed by atoms with van der Waals surface area (Å²) in [6.07, 6.45) is 4.74. The van der Waals surface area contributed by atoms with Crippen LogP contribution in [0.3, 0.4) is 0 Å². The largest absolute Gasteiger partial charge is 0.493 e. The van der Waals surface area contributed by atoms with Crippen molar-refractivity contribution in [3.63, 3.8) is 0 Å². The summed E-state index contributed by atoms with van der Waals surface area (Å²) in [6.45, 7) is 3.20. The molecule has 0 saturated heterocycles. The molecule has 1 aliphatic rings. The zero-order chi connectivity index (χ0) is 23.7. The van der Waals surface area contributed by atoms with Crippen LogP contribution >= 0.6 is 11.3 Å². The Morgan fingerprint density at radius 2 is 1.94 bits per heavy atom. The molecule has 32 heavy (non-hydrogen) atoms. The topological polar surface area (TPSA) is 102 Å². The van der Waals surface area contributed by atoms with Gasteiger partial charge in [0.2, 0.25) is 12.3 Å². The molecule has 0 spiro atoms. The third-order valence-electron chi connectivity index (χ3n) is 4.45. The van der Waals surface area contributed by atoms with E-state index in [9.17, 15) is 18.6 Å². The first-order valence-corrected chi connectivity index (χ1v) is 12.6. The smallest absolute Gasteiger partial charge is 0.261 e. The van der Waals surface area contributed by atoms with Crippen LogP contribution in [-0.4, -0.2) is 59.1 Å². The van der Waals surface area contributed by atoms with Crippen LogP contribution < -0.4 is 14.8 Å². The number of benzene rings is 1. The van der Waals surface area contributed by atoms with E-state index in [0.29, 0.717) is 28.6 Å². The van der Waals surface area contributed by atoms with Crippen molar-refractivity contribution in [1.29, 1.82) is 0 Å². The molecular weight excluding hydrogens is 452 g/mol. The highest BCUT2D eigenvalue weighted by Crippen LogP contribution is 2.32. The van der Waals surface area contributed by atoms with E-state index >= 15 is 0 Å². The fourth-order valence-electron chi connectivity index (χ4n) is 2.58. The Bertz CT molecular complexity index is 971. The maximum absolute atomic E-state index is 12.2. The Kier molecular flexibility index (Phi) is 9.86. The molecule has 1 saturated carbocycles. The van der Waals surface area contributed by atoms with Gasteiger partial charge in [-0.3, -0.25) is 23.5 Å². The molecule has 2 aromatic rings. The number of carbonyl (C=O) groups excluding carboxylic acids is 3. The molecule has 1 fully saturated rings. The van der Waals surface area contributed by atoms with Gasteiger partial charge in [0.05, 0.1) is 23.8 Å². The minimum atomic E-state index is -1.08. The predicted octanol–water partition coefficient (Wildman–Crippen LogP) is 3.23. The van der Waals surface area contributed by atoms with E-state index in [2.05, 4.69) is 5.32 Å². The number of imide groups is 1. The van der Waals surface area contributed by atoms with Crippen LogP contribution in [0.5, 0.6) is 11.5 Å². The minimum absolute atomic E-state index is 0.107. The van der Waals surface area contributed by atoms with Gasteiger partial charge in [0.25, 0.3) is 5.91 Å². The van der Waals surface area contributed by atoms with E-state index in [0.717, 1.165) is 16.4 Å². The van der Waals surface area contributed by atoms with Crippen molar-refractivity contribution in [3.05, 3.63) is 40.8 Å². The number of anilines is 1. The van der Waals surface area contributed by atoms with Crippen molar-refractivity contribution in [1.82, 2.24) is 4.90 Å². The van der Waals surface area contributed by atoms with Gasteiger partial charge < -0.3 is 14.8 Å². The molecule has 1 aromatic carbocycles. The molecule has 1 aliphatic carbocycles. The van der Waals surface area contributed by atoms with E-state index in [1.165, 1.54) is 37.4 Å². The number of carbonyl (C=O) groups is 3. The first-order valence-electron chi connectivity index (χ1n) is 9.98. The Balaban J connectivity index is 0.000000255. The first-order chi connectivity index (χ1) is 15.3. The summed E-state index contributed by atoms with van der Waals surface area (Å²) in [6, 6.07) is 7.76. The molecule has 1 unspecified atom stereocenters. The van der Waals surface area contributed by atoms with Gasteiger partial charge in [-0.2, -0.15) is 0 Å². The van der Waals surface area contributed by atoms with Gasteiger partial charge in [0.15, 0.2) is 11.5 Å². The number of methoxy groups -OCH3 is 1. The third kappa shape index (κ3) is 7.76. The van der Waals surface area contributed by atoms with Crippen molar-refractivity contribution in [3.8, 4) is 11.5 Å². The average molecular weight is 481 g/mol. The summed E-state index contributed by atoms with van der Waals surface area (Å²) in [5.41, 5.74) is 0.993. The number of rotatable bonds is 9. The lowest BCUT2D eigenvalue weighted by Crippen LogP contribution is -2.33. The summed E-state index contributed by atoms with van der Waals surface area (Å²) >= 11 is 1.23. The summed E-state index contributed by atoms with van der Waals surface area (Å²) in [5.74, 6) is 1.26. The number of para-hydroxylation sites is 2. The Labute approximate surface area is 194 Å². The van der Waals surface area contributed by atoms with Crippen LogP contribution in [0.15, 0.2) is 29.6 Å². The molecular formula is C22H28N2O6S2. The van der Waals surface area contributed by atoms with Gasteiger partial charge in [0, 0.05) is 41.7 Å². The summed E-state index contributed by atoms with van der Waals surface area (Å²) in [4.78, 5) is 35.2. The number of hydrogen-bond donors (Lipinski definition) is 1. The second-order valence-electron chi connectivity index (χ2n) is 7.13. The zero-order valence-electron chi connectivity index (χ0n) is 18.6. The van der Waals surface area contributed by atoms with Gasteiger partial charge in [0.1, 0.15) is 0 Å². The highest BCUT2D eigenvalue weighted by Gasteiger charge is 2.24. The highest BCUT2D eigenvalue weighted by atomic mass is 32.2. The fraction of sp³-hybridized carbons (Fsp3) is 0.409. The summed E-state index contributed by atoms with van der Waals surface area (Å²) in [5, 5.41) is 4.82. The van der Waals surface area contributed by atoms with Crippen molar-refractivity contribution < 1.29 is 28.1 Å². The van der Waals surface area contributed by atoms with Crippen LogP contribution in [0.25, 0.3) is 0 Å². The number of nitrogens with one attached hydrogen (secondary N) is 1. The van der Waals surface area contributed by atoms with Crippen molar-refractivity contribution in [2.75, 3.05) is 31.0 Å². The Morgan fingerprint density at radius 1 is 1.28 bits per heavy atom. The van der Waals surface area contributed by atoms with E-state index in [-0.39, 0.29) is 18.2 Å². The maximum atomic E-state index is 12.2. The molecule has 1 aromatic heterocycles. The molecule has 0 radical (unpaired) electrons. The second-order valence-corrected chi connectivity index (χ2v) is 9.57. The van der Waals surface area contributed by atoms with Gasteiger partial charge in [-0.05, 0) is 37.5 Å². The van der Waals surface area contributed by atoms with E-state index in [4.69, 9.17) is 9.47 Å². The van der Waals surface area contributed by atoms with Gasteiger partial charge in [-0.1, -0.05) is 12.1 Å². The van der Waals surface area contributed by atoms with Crippen molar-refractivity contribution in [2.45, 2.75) is 32.8 Å². The van der Waals surface area contributed by atoms with Crippen LogP contribution in [0.1, 0.15) is 35.7 Å². The van der Waals surface area contributed by atoms with E-state index in [1.54, 1.807) is 19.4 Å². The molecule has 1 atom stereocenters. The molecule has 174 valence electrons. The van der Waals surface area contributed by atoms with Gasteiger partial charge in [-0.15, -0.1) is 11.3 Å². The SMILES string of the molecule is CC(=O)Nc1scc(C(=O)N(C=O)CCS(C)=O)c1C.COc1ccccc1OC1CC1. The summed E-state index contributed by atoms with van der Waals surface area (Å²) < 4.78 is 21.8. The maximum Gasteiger partial charge on any atom is 0.261 e. The first kappa shape index (κ1) is 25.5. The van der Waals surface area contributed by atoms with Crippen LogP contribution in [-0.2, 0) is 20.4 Å². The molecule has 1 heterocycles. The van der Waals surface area contributed by atoms with Crippen LogP contribution in [0.2, 0.25) is 0 Å². The molecule has 8 nitrogen and oxygen atoms in total. The average Bonchev–Trinajstić information content (AvgIpc) is 3.50.